The van der Waals surface area contributed by atoms with Gasteiger partial charge in [-0.2, -0.15) is 0 Å². The molecule has 2 rings (SSSR count). The van der Waals surface area contributed by atoms with E-state index in [-0.39, 0.29) is 5.91 Å². The van der Waals surface area contributed by atoms with Gasteiger partial charge in [0.2, 0.25) is 0 Å². The number of amides is 1. The van der Waals surface area contributed by atoms with Crippen LogP contribution in [0.3, 0.4) is 0 Å². The predicted molar refractivity (Wildman–Crippen MR) is 86.2 cm³/mol. The molecule has 0 spiro atoms. The van der Waals surface area contributed by atoms with E-state index in [1.54, 1.807) is 4.90 Å². The summed E-state index contributed by atoms with van der Waals surface area (Å²) in [5, 5.41) is 0.308. The van der Waals surface area contributed by atoms with Gasteiger partial charge >= 0.3 is 0 Å². The average molecular weight is 443 g/mol. The van der Waals surface area contributed by atoms with Gasteiger partial charge < -0.3 is 4.90 Å². The summed E-state index contributed by atoms with van der Waals surface area (Å²) >= 11 is 11.6. The second-order valence-corrected chi connectivity index (χ2v) is 7.46. The maximum absolute atomic E-state index is 12.3. The fourth-order valence-electron chi connectivity index (χ4n) is 2.14. The number of hydrogen-bond acceptors (Lipinski definition) is 1. The summed E-state index contributed by atoms with van der Waals surface area (Å²) in [4.78, 5) is 14.1. The number of rotatable bonds is 3. The molecule has 0 radical (unpaired) electrons. The van der Waals surface area contributed by atoms with E-state index in [0.717, 1.165) is 33.0 Å². The van der Waals surface area contributed by atoms with Crippen LogP contribution < -0.4 is 0 Å². The van der Waals surface area contributed by atoms with Crippen LogP contribution in [0, 0.1) is 9.49 Å². The van der Waals surface area contributed by atoms with Crippen LogP contribution in [0.15, 0.2) is 22.7 Å². The van der Waals surface area contributed by atoms with Crippen molar-refractivity contribution >= 4 is 56.0 Å². The van der Waals surface area contributed by atoms with Crippen LogP contribution >= 0.6 is 50.1 Å². The van der Waals surface area contributed by atoms with Gasteiger partial charge in [-0.1, -0.05) is 0 Å². The lowest BCUT2D eigenvalue weighted by Crippen LogP contribution is -2.38. The van der Waals surface area contributed by atoms with Crippen molar-refractivity contribution in [2.24, 2.45) is 5.92 Å². The minimum absolute atomic E-state index is 0.0680. The van der Waals surface area contributed by atoms with Gasteiger partial charge in [-0.25, -0.2) is 0 Å². The van der Waals surface area contributed by atoms with Crippen molar-refractivity contribution < 1.29 is 4.79 Å². The van der Waals surface area contributed by atoms with Gasteiger partial charge in [0.1, 0.15) is 0 Å². The molecule has 1 aliphatic rings. The Morgan fingerprint density at radius 2 is 2.22 bits per heavy atom. The van der Waals surface area contributed by atoms with Crippen LogP contribution in [0.25, 0.3) is 0 Å². The molecular weight excluding hydrogens is 428 g/mol. The largest absolute Gasteiger partial charge is 0.341 e. The summed E-state index contributed by atoms with van der Waals surface area (Å²) < 4.78 is 1.92. The zero-order valence-electron chi connectivity index (χ0n) is 10.00. The van der Waals surface area contributed by atoms with Gasteiger partial charge in [-0.3, -0.25) is 4.79 Å². The summed E-state index contributed by atoms with van der Waals surface area (Å²) in [6.07, 6.45) is 2.04. The minimum atomic E-state index is 0.0680. The molecule has 0 aliphatic heterocycles. The summed E-state index contributed by atoms with van der Waals surface area (Å²) in [6, 6.07) is 5.81. The standard InChI is InChI=1S/C13H14BrClINO/c1-17(7-8-4-9(15)5-8)13(18)11-6-10(16)2-3-12(11)14/h2-3,6,8-9H,4-5,7H2,1H3. The first kappa shape index (κ1) is 14.6. The Hall–Kier alpha value is 0.190. The Balaban J connectivity index is 2.03. The smallest absolute Gasteiger partial charge is 0.254 e. The Morgan fingerprint density at radius 3 is 2.83 bits per heavy atom. The highest BCUT2D eigenvalue weighted by Gasteiger charge is 2.29. The number of halogens is 3. The molecule has 0 saturated heterocycles. The highest BCUT2D eigenvalue weighted by atomic mass is 127. The molecule has 0 atom stereocenters. The molecule has 0 N–H and O–H groups in total. The number of hydrogen-bond donors (Lipinski definition) is 0. The lowest BCUT2D eigenvalue weighted by atomic mass is 9.84. The molecule has 0 unspecified atom stereocenters. The van der Waals surface area contributed by atoms with Crippen LogP contribution in [0.5, 0.6) is 0 Å². The quantitative estimate of drug-likeness (QED) is 0.509. The monoisotopic (exact) mass is 441 g/mol. The van der Waals surface area contributed by atoms with E-state index >= 15 is 0 Å². The Bertz CT molecular complexity index is 462. The van der Waals surface area contributed by atoms with Gasteiger partial charge in [0.25, 0.3) is 5.91 Å². The van der Waals surface area contributed by atoms with Crippen molar-refractivity contribution in [1.29, 1.82) is 0 Å². The molecule has 0 heterocycles. The van der Waals surface area contributed by atoms with Crippen LogP contribution in [-0.4, -0.2) is 29.8 Å². The van der Waals surface area contributed by atoms with Crippen molar-refractivity contribution in [2.75, 3.05) is 13.6 Å². The molecule has 1 saturated carbocycles. The molecule has 0 bridgehead atoms. The van der Waals surface area contributed by atoms with Crippen molar-refractivity contribution in [3.8, 4) is 0 Å². The lowest BCUT2D eigenvalue weighted by molar-refractivity contribution is 0.0746. The van der Waals surface area contributed by atoms with Crippen molar-refractivity contribution in [3.63, 3.8) is 0 Å². The van der Waals surface area contributed by atoms with Gasteiger partial charge in [-0.05, 0) is 75.5 Å². The lowest BCUT2D eigenvalue weighted by Gasteiger charge is -2.34. The van der Waals surface area contributed by atoms with Crippen molar-refractivity contribution in [2.45, 2.75) is 18.2 Å². The second kappa shape index (κ2) is 6.09. The third-order valence-corrected chi connectivity index (χ3v) is 4.93. The molecule has 0 aromatic heterocycles. The van der Waals surface area contributed by atoms with Crippen molar-refractivity contribution in [3.05, 3.63) is 31.8 Å². The average Bonchev–Trinajstić information content (AvgIpc) is 2.29. The van der Waals surface area contributed by atoms with E-state index in [4.69, 9.17) is 11.6 Å². The summed E-state index contributed by atoms with van der Waals surface area (Å²) in [6.45, 7) is 0.792. The Morgan fingerprint density at radius 1 is 1.56 bits per heavy atom. The number of carbonyl (C=O) groups excluding carboxylic acids is 1. The highest BCUT2D eigenvalue weighted by Crippen LogP contribution is 2.32. The predicted octanol–water partition coefficient (Wildman–Crippen LogP) is 4.14. The van der Waals surface area contributed by atoms with Gasteiger partial charge in [-0.15, -0.1) is 11.6 Å². The van der Waals surface area contributed by atoms with Crippen molar-refractivity contribution in [1.82, 2.24) is 4.90 Å². The molecule has 2 nitrogen and oxygen atoms in total. The van der Waals surface area contributed by atoms with Crippen LogP contribution in [0.1, 0.15) is 23.2 Å². The maximum atomic E-state index is 12.3. The van der Waals surface area contributed by atoms with E-state index in [2.05, 4.69) is 38.5 Å². The Kier molecular flexibility index (Phi) is 4.94. The molecule has 1 aliphatic carbocycles. The molecule has 1 aromatic carbocycles. The van der Waals surface area contributed by atoms with Gasteiger partial charge in [0.15, 0.2) is 0 Å². The fraction of sp³-hybridized carbons (Fsp3) is 0.462. The summed E-state index contributed by atoms with van der Waals surface area (Å²) in [5.74, 6) is 0.626. The molecule has 98 valence electrons. The van der Waals surface area contributed by atoms with E-state index in [1.165, 1.54) is 0 Å². The van der Waals surface area contributed by atoms with E-state index in [1.807, 2.05) is 25.2 Å². The first-order valence-corrected chi connectivity index (χ1v) is 8.12. The topological polar surface area (TPSA) is 20.3 Å². The first-order chi connectivity index (χ1) is 8.47. The van der Waals surface area contributed by atoms with Crippen LogP contribution in [0.2, 0.25) is 0 Å². The number of benzene rings is 1. The van der Waals surface area contributed by atoms with Crippen LogP contribution in [0.4, 0.5) is 0 Å². The Labute approximate surface area is 134 Å². The molecular formula is C13H14BrClINO. The third-order valence-electron chi connectivity index (χ3n) is 3.22. The molecule has 1 amide bonds. The second-order valence-electron chi connectivity index (χ2n) is 4.74. The van der Waals surface area contributed by atoms with Gasteiger partial charge in [0.05, 0.1) is 5.56 Å². The summed E-state index contributed by atoms with van der Waals surface area (Å²) in [7, 11) is 1.86. The van der Waals surface area contributed by atoms with Crippen LogP contribution in [-0.2, 0) is 0 Å². The molecule has 1 fully saturated rings. The fourth-order valence-corrected chi connectivity index (χ4v) is 3.55. The zero-order valence-corrected chi connectivity index (χ0v) is 14.5. The third kappa shape index (κ3) is 3.39. The first-order valence-electron chi connectivity index (χ1n) is 5.82. The molecule has 18 heavy (non-hydrogen) atoms. The number of alkyl halides is 1. The minimum Gasteiger partial charge on any atom is -0.341 e. The normalized spacial score (nSPS) is 22.4. The van der Waals surface area contributed by atoms with E-state index in [0.29, 0.717) is 11.3 Å². The van der Waals surface area contributed by atoms with E-state index in [9.17, 15) is 4.79 Å². The summed E-state index contributed by atoms with van der Waals surface area (Å²) in [5.41, 5.74) is 0.728. The highest BCUT2D eigenvalue weighted by molar-refractivity contribution is 14.1. The van der Waals surface area contributed by atoms with Gasteiger partial charge in [0, 0.05) is 27.0 Å². The molecule has 1 aromatic rings. The molecule has 5 heteroatoms. The SMILES string of the molecule is CN(CC1CC(Cl)C1)C(=O)c1cc(I)ccc1Br. The zero-order chi connectivity index (χ0) is 13.3. The number of carbonyl (C=O) groups is 1. The van der Waals surface area contributed by atoms with E-state index < -0.39 is 0 Å². The maximum Gasteiger partial charge on any atom is 0.254 e. The number of nitrogens with zero attached hydrogens (tertiary/aromatic N) is 1.